The van der Waals surface area contributed by atoms with E-state index in [1.807, 2.05) is 31.2 Å². The zero-order chi connectivity index (χ0) is 27.2. The van der Waals surface area contributed by atoms with Crippen molar-refractivity contribution in [2.24, 2.45) is 0 Å². The number of hydrogen-bond acceptors (Lipinski definition) is 5. The summed E-state index contributed by atoms with van der Waals surface area (Å²) in [5, 5.41) is 8.93. The van der Waals surface area contributed by atoms with Crippen LogP contribution in [0.25, 0.3) is 10.9 Å². The maximum Gasteiger partial charge on any atom is 0.267 e. The third kappa shape index (κ3) is 8.16. The zero-order valence-electron chi connectivity index (χ0n) is 21.3. The number of fused-ring (bicyclic) bond motifs is 1. The number of hydrogen-bond donors (Lipinski definition) is 5. The van der Waals surface area contributed by atoms with Gasteiger partial charge in [0.05, 0.1) is 11.3 Å². The van der Waals surface area contributed by atoms with E-state index in [1.54, 1.807) is 39.0 Å². The topological polar surface area (TPSA) is 149 Å². The van der Waals surface area contributed by atoms with E-state index in [4.69, 9.17) is 0 Å². The Morgan fingerprint density at radius 2 is 1.59 bits per heavy atom. The predicted molar refractivity (Wildman–Crippen MR) is 141 cm³/mol. The van der Waals surface area contributed by atoms with Crippen molar-refractivity contribution in [2.45, 2.75) is 50.6 Å². The molecule has 0 aliphatic rings. The summed E-state index contributed by atoms with van der Waals surface area (Å²) in [7, 11) is -4.07. The second-order valence-electron chi connectivity index (χ2n) is 9.81. The van der Waals surface area contributed by atoms with Crippen molar-refractivity contribution >= 4 is 38.6 Å². The highest BCUT2D eigenvalue weighted by Gasteiger charge is 2.29. The monoisotopic (exact) mass is 527 g/mol. The van der Waals surface area contributed by atoms with E-state index >= 15 is 0 Å². The van der Waals surface area contributed by atoms with Gasteiger partial charge in [0.25, 0.3) is 5.91 Å². The number of nitrogens with one attached hydrogen (secondary N) is 5. The number of carbonyl (C=O) groups is 3. The predicted octanol–water partition coefficient (Wildman–Crippen LogP) is 1.97. The van der Waals surface area contributed by atoms with Crippen molar-refractivity contribution < 1.29 is 22.8 Å². The van der Waals surface area contributed by atoms with Crippen LogP contribution in [0, 0.1) is 6.92 Å². The van der Waals surface area contributed by atoms with Crippen LogP contribution >= 0.6 is 0 Å². The molecule has 1 atom stereocenters. The number of carbonyl (C=O) groups excluding carboxylic acids is 3. The first-order valence-electron chi connectivity index (χ1n) is 11.9. The molecule has 0 radical (unpaired) electrons. The molecule has 11 heteroatoms. The minimum atomic E-state index is -4.07. The fraction of sp³-hybridized carbons (Fsp3) is 0.346. The summed E-state index contributed by atoms with van der Waals surface area (Å²) in [5.41, 5.74) is 1.54. The summed E-state index contributed by atoms with van der Waals surface area (Å²) in [6.07, 6.45) is -0.393. The minimum absolute atomic E-state index is 0.0160. The van der Waals surface area contributed by atoms with Crippen molar-refractivity contribution in [1.82, 2.24) is 25.7 Å². The van der Waals surface area contributed by atoms with E-state index in [0.717, 1.165) is 16.5 Å². The lowest BCUT2D eigenvalue weighted by Gasteiger charge is -2.23. The summed E-state index contributed by atoms with van der Waals surface area (Å²) in [6, 6.07) is 14.0. The van der Waals surface area contributed by atoms with Crippen LogP contribution in [0.2, 0.25) is 0 Å². The van der Waals surface area contributed by atoms with Gasteiger partial charge in [-0.25, -0.2) is 8.42 Å². The molecule has 0 saturated heterocycles. The van der Waals surface area contributed by atoms with E-state index < -0.39 is 39.8 Å². The third-order valence-corrected chi connectivity index (χ3v) is 6.82. The molecule has 198 valence electrons. The molecular formula is C26H33N5O5S. The number of aromatic nitrogens is 1. The van der Waals surface area contributed by atoms with Crippen molar-refractivity contribution in [3.05, 3.63) is 65.9 Å². The standard InChI is InChI=1S/C26H33N5O5S/c1-17-9-11-19(12-10-17)37(35,36)31-22(16-23(32)30-26(2,3)4)25(34)28-14-13-27-24(33)21-15-18-7-5-6-8-20(18)29-21/h5-12,15,22,29,31H,13-14,16H2,1-4H3,(H,27,33)(H,28,34)(H,30,32)/t22-/m0/s1. The van der Waals surface area contributed by atoms with Gasteiger partial charge in [-0.2, -0.15) is 4.72 Å². The number of aromatic amines is 1. The van der Waals surface area contributed by atoms with Gasteiger partial charge in [-0.15, -0.1) is 0 Å². The van der Waals surface area contributed by atoms with Crippen LogP contribution in [-0.4, -0.2) is 55.8 Å². The molecule has 0 aliphatic heterocycles. The number of sulfonamides is 1. The summed E-state index contributed by atoms with van der Waals surface area (Å²) in [6.45, 7) is 7.32. The molecule has 1 heterocycles. The highest BCUT2D eigenvalue weighted by atomic mass is 32.2. The van der Waals surface area contributed by atoms with Gasteiger partial charge in [-0.3, -0.25) is 14.4 Å². The minimum Gasteiger partial charge on any atom is -0.353 e. The first-order chi connectivity index (χ1) is 17.3. The molecule has 0 unspecified atom stereocenters. The summed E-state index contributed by atoms with van der Waals surface area (Å²) < 4.78 is 28.1. The van der Waals surface area contributed by atoms with E-state index in [9.17, 15) is 22.8 Å². The summed E-state index contributed by atoms with van der Waals surface area (Å²) in [5.74, 6) is -1.50. The number of amides is 3. The molecule has 10 nitrogen and oxygen atoms in total. The van der Waals surface area contributed by atoms with Crippen LogP contribution in [0.4, 0.5) is 0 Å². The smallest absolute Gasteiger partial charge is 0.267 e. The van der Waals surface area contributed by atoms with Gasteiger partial charge in [0.15, 0.2) is 0 Å². The molecule has 3 amide bonds. The Balaban J connectivity index is 1.62. The average molecular weight is 528 g/mol. The Labute approximate surface area is 216 Å². The van der Waals surface area contributed by atoms with Crippen molar-refractivity contribution in [3.8, 4) is 0 Å². The molecule has 0 aliphatic carbocycles. The summed E-state index contributed by atoms with van der Waals surface area (Å²) >= 11 is 0. The maximum atomic E-state index is 12.9. The van der Waals surface area contributed by atoms with Crippen molar-refractivity contribution in [2.75, 3.05) is 13.1 Å². The van der Waals surface area contributed by atoms with E-state index in [0.29, 0.717) is 5.69 Å². The molecule has 1 aromatic heterocycles. The Morgan fingerprint density at radius 3 is 2.24 bits per heavy atom. The highest BCUT2D eigenvalue weighted by molar-refractivity contribution is 7.89. The van der Waals surface area contributed by atoms with Gasteiger partial charge in [0.2, 0.25) is 21.8 Å². The first kappa shape index (κ1) is 27.9. The van der Waals surface area contributed by atoms with Crippen LogP contribution in [-0.2, 0) is 19.6 Å². The number of para-hydroxylation sites is 1. The lowest BCUT2D eigenvalue weighted by atomic mass is 10.1. The average Bonchev–Trinajstić information content (AvgIpc) is 3.24. The largest absolute Gasteiger partial charge is 0.353 e. The maximum absolute atomic E-state index is 12.9. The van der Waals surface area contributed by atoms with Crippen LogP contribution in [0.1, 0.15) is 43.2 Å². The van der Waals surface area contributed by atoms with Crippen LogP contribution < -0.4 is 20.7 Å². The Kier molecular flexibility index (Phi) is 8.72. The number of H-pyrrole nitrogens is 1. The SMILES string of the molecule is Cc1ccc(S(=O)(=O)N[C@@H](CC(=O)NC(C)(C)C)C(=O)NCCNC(=O)c2cc3ccccc3[nH]2)cc1. The molecule has 3 rings (SSSR count). The molecule has 37 heavy (non-hydrogen) atoms. The van der Waals surface area contributed by atoms with Gasteiger partial charge in [-0.1, -0.05) is 35.9 Å². The van der Waals surface area contributed by atoms with Gasteiger partial charge in [0.1, 0.15) is 11.7 Å². The van der Waals surface area contributed by atoms with Gasteiger partial charge in [0, 0.05) is 29.5 Å². The van der Waals surface area contributed by atoms with E-state index in [2.05, 4.69) is 25.7 Å². The fourth-order valence-electron chi connectivity index (χ4n) is 3.59. The second-order valence-corrected chi connectivity index (χ2v) is 11.5. The number of benzene rings is 2. The molecule has 0 fully saturated rings. The van der Waals surface area contributed by atoms with Gasteiger partial charge >= 0.3 is 0 Å². The van der Waals surface area contributed by atoms with Crippen molar-refractivity contribution in [3.63, 3.8) is 0 Å². The number of aryl methyl sites for hydroxylation is 1. The van der Waals surface area contributed by atoms with Crippen LogP contribution in [0.15, 0.2) is 59.5 Å². The molecule has 0 spiro atoms. The fourth-order valence-corrected chi connectivity index (χ4v) is 4.79. The molecule has 0 bridgehead atoms. The normalized spacial score (nSPS) is 12.6. The highest BCUT2D eigenvalue weighted by Crippen LogP contribution is 2.14. The molecule has 0 saturated carbocycles. The molecule has 5 N–H and O–H groups in total. The second kappa shape index (κ2) is 11.6. The first-order valence-corrected chi connectivity index (χ1v) is 13.4. The van der Waals surface area contributed by atoms with Crippen molar-refractivity contribution in [1.29, 1.82) is 0 Å². The Morgan fingerprint density at radius 1 is 0.946 bits per heavy atom. The Hall–Kier alpha value is -3.70. The quantitative estimate of drug-likeness (QED) is 0.256. The van der Waals surface area contributed by atoms with Crippen LogP contribution in [0.3, 0.4) is 0 Å². The lowest BCUT2D eigenvalue weighted by molar-refractivity contribution is -0.128. The van der Waals surface area contributed by atoms with Crippen LogP contribution in [0.5, 0.6) is 0 Å². The summed E-state index contributed by atoms with van der Waals surface area (Å²) in [4.78, 5) is 40.9. The van der Waals surface area contributed by atoms with Gasteiger partial charge < -0.3 is 20.9 Å². The van der Waals surface area contributed by atoms with E-state index in [1.165, 1.54) is 12.1 Å². The zero-order valence-corrected chi connectivity index (χ0v) is 22.2. The molecular weight excluding hydrogens is 494 g/mol. The third-order valence-electron chi connectivity index (χ3n) is 5.33. The van der Waals surface area contributed by atoms with Gasteiger partial charge in [-0.05, 0) is 52.0 Å². The molecule has 2 aromatic carbocycles. The number of rotatable bonds is 10. The molecule has 3 aromatic rings. The van der Waals surface area contributed by atoms with E-state index in [-0.39, 0.29) is 23.9 Å². The lowest BCUT2D eigenvalue weighted by Crippen LogP contribution is -2.51. The Bertz CT molecular complexity index is 1340.